The van der Waals surface area contributed by atoms with E-state index in [-0.39, 0.29) is 49.1 Å². The van der Waals surface area contributed by atoms with E-state index in [9.17, 15) is 19.5 Å². The van der Waals surface area contributed by atoms with E-state index in [0.717, 1.165) is 70.6 Å². The Morgan fingerprint density at radius 1 is 0.615 bits per heavy atom. The smallest absolute Gasteiger partial charge is 0.306 e. The summed E-state index contributed by atoms with van der Waals surface area (Å²) < 4.78 is 17.0. The normalized spacial score (nSPS) is 13.9. The Kier molecular flexibility index (Phi) is 32.3. The number of unbranched alkanes of at least 4 members (excludes halogenated alkanes) is 6. The SMILES string of the molecule is CC/C=C/C/C=C/C/C=C/C/C=C/C/C=C/CCCC(=O)OC(COCCC(C(=O)[O-])[N+](C)(C)C)COC(=O)CCCCC/C=C/C=C/CCCC. The summed E-state index contributed by atoms with van der Waals surface area (Å²) in [5.74, 6) is -1.86. The number of carbonyl (C=O) groups is 3. The van der Waals surface area contributed by atoms with Crippen LogP contribution in [0.4, 0.5) is 0 Å². The first kappa shape index (κ1) is 48.5. The van der Waals surface area contributed by atoms with Crippen LogP contribution in [0.1, 0.15) is 123 Å². The zero-order valence-electron chi connectivity index (χ0n) is 33.2. The minimum absolute atomic E-state index is 0.00390. The average Bonchev–Trinajstić information content (AvgIpc) is 3.09. The number of nitrogens with zero attached hydrogens (tertiary/aromatic N) is 1. The Hall–Kier alpha value is -3.49. The predicted octanol–water partition coefficient (Wildman–Crippen LogP) is 8.85. The molecule has 0 saturated heterocycles. The Bertz CT molecular complexity index is 1120. The van der Waals surface area contributed by atoms with Gasteiger partial charge in [0, 0.05) is 19.3 Å². The number of likely N-dealkylation sites (N-methyl/N-ethyl adjacent to an activating group) is 1. The van der Waals surface area contributed by atoms with Crippen molar-refractivity contribution in [2.75, 3.05) is 41.0 Å². The standard InChI is InChI=1S/C44H71NO7/c1-6-8-10-12-14-16-18-19-20-21-22-23-25-27-29-31-33-35-43(47)52-40(38-50-37-36-41(44(48)49)45(3,4)5)39-51-42(46)34-32-30-28-26-24-17-15-13-11-9-7-2/h8,10,13-17,19-20,22-24,27,29,40-41H,6-7,9,11-12,18,21,25-26,28,30-39H2,1-5H3/b10-8+,15-13+,16-14+,20-19+,23-22+,24-17+,29-27+. The van der Waals surface area contributed by atoms with Gasteiger partial charge in [-0.3, -0.25) is 9.59 Å². The maximum absolute atomic E-state index is 12.6. The highest BCUT2D eigenvalue weighted by Crippen LogP contribution is 2.10. The fourth-order valence-corrected chi connectivity index (χ4v) is 4.96. The van der Waals surface area contributed by atoms with Crippen molar-refractivity contribution in [3.05, 3.63) is 85.1 Å². The number of allylic oxidation sites excluding steroid dienone is 14. The molecule has 0 amide bonds. The van der Waals surface area contributed by atoms with Crippen molar-refractivity contribution in [2.24, 2.45) is 0 Å². The number of hydrogen-bond acceptors (Lipinski definition) is 7. The molecule has 0 aliphatic heterocycles. The van der Waals surface area contributed by atoms with Gasteiger partial charge in [-0.2, -0.15) is 0 Å². The number of carboxylic acids is 1. The first-order valence-electron chi connectivity index (χ1n) is 19.6. The lowest BCUT2D eigenvalue weighted by Crippen LogP contribution is -2.55. The molecule has 0 aliphatic rings. The van der Waals surface area contributed by atoms with Crippen LogP contribution in [0.25, 0.3) is 0 Å². The van der Waals surface area contributed by atoms with Gasteiger partial charge in [-0.25, -0.2) is 0 Å². The van der Waals surface area contributed by atoms with Crippen molar-refractivity contribution in [1.82, 2.24) is 0 Å². The van der Waals surface area contributed by atoms with Gasteiger partial charge in [0.2, 0.25) is 0 Å². The largest absolute Gasteiger partial charge is 0.544 e. The van der Waals surface area contributed by atoms with E-state index < -0.39 is 18.1 Å². The highest BCUT2D eigenvalue weighted by atomic mass is 16.6. The lowest BCUT2D eigenvalue weighted by atomic mass is 10.1. The molecule has 0 aliphatic carbocycles. The number of hydrogen-bond donors (Lipinski definition) is 0. The average molecular weight is 726 g/mol. The van der Waals surface area contributed by atoms with Gasteiger partial charge >= 0.3 is 11.9 Å². The Morgan fingerprint density at radius 3 is 1.71 bits per heavy atom. The number of quaternary nitrogens is 1. The number of aliphatic carboxylic acids is 1. The number of carbonyl (C=O) groups excluding carboxylic acids is 3. The fraction of sp³-hybridized carbons (Fsp3) is 0.614. The summed E-state index contributed by atoms with van der Waals surface area (Å²) in [6.45, 7) is 4.36. The second kappa shape index (κ2) is 34.6. The molecule has 8 nitrogen and oxygen atoms in total. The van der Waals surface area contributed by atoms with Crippen molar-refractivity contribution in [3.63, 3.8) is 0 Å². The molecule has 52 heavy (non-hydrogen) atoms. The molecular weight excluding hydrogens is 654 g/mol. The third-order valence-electron chi connectivity index (χ3n) is 8.04. The van der Waals surface area contributed by atoms with E-state index in [1.165, 1.54) is 12.8 Å². The van der Waals surface area contributed by atoms with Gasteiger partial charge in [0.1, 0.15) is 12.6 Å². The fourth-order valence-electron chi connectivity index (χ4n) is 4.96. The van der Waals surface area contributed by atoms with E-state index in [0.29, 0.717) is 12.8 Å². The van der Waals surface area contributed by atoms with Crippen LogP contribution in [0.5, 0.6) is 0 Å². The first-order chi connectivity index (χ1) is 25.1. The first-order valence-corrected chi connectivity index (χ1v) is 19.6. The molecular formula is C44H71NO7. The van der Waals surface area contributed by atoms with Crippen LogP contribution in [0.2, 0.25) is 0 Å². The highest BCUT2D eigenvalue weighted by Gasteiger charge is 2.25. The molecule has 0 heterocycles. The molecule has 294 valence electrons. The summed E-state index contributed by atoms with van der Waals surface area (Å²) in [4.78, 5) is 36.6. The molecule has 0 aromatic carbocycles. The summed E-state index contributed by atoms with van der Waals surface area (Å²) in [6, 6.07) is -0.743. The molecule has 0 aromatic heterocycles. The summed E-state index contributed by atoms with van der Waals surface area (Å²) >= 11 is 0. The minimum Gasteiger partial charge on any atom is -0.544 e. The molecule has 0 radical (unpaired) electrons. The van der Waals surface area contributed by atoms with E-state index in [4.69, 9.17) is 14.2 Å². The lowest BCUT2D eigenvalue weighted by Gasteiger charge is -2.34. The van der Waals surface area contributed by atoms with Crippen molar-refractivity contribution >= 4 is 17.9 Å². The molecule has 0 fully saturated rings. The number of ether oxygens (including phenoxy) is 3. The van der Waals surface area contributed by atoms with Crippen LogP contribution >= 0.6 is 0 Å². The van der Waals surface area contributed by atoms with Crippen LogP contribution in [0, 0.1) is 0 Å². The molecule has 8 heteroatoms. The van der Waals surface area contributed by atoms with Gasteiger partial charge in [-0.1, -0.05) is 118 Å². The van der Waals surface area contributed by atoms with Gasteiger partial charge in [-0.15, -0.1) is 0 Å². The zero-order valence-corrected chi connectivity index (χ0v) is 33.2. The second-order valence-corrected chi connectivity index (χ2v) is 13.8. The quantitative estimate of drug-likeness (QED) is 0.0219. The second-order valence-electron chi connectivity index (χ2n) is 13.8. The van der Waals surface area contributed by atoms with Gasteiger partial charge in [0.05, 0.1) is 40.3 Å². The summed E-state index contributed by atoms with van der Waals surface area (Å²) in [5.41, 5.74) is 0. The third-order valence-corrected chi connectivity index (χ3v) is 8.04. The topological polar surface area (TPSA) is 102 Å². The molecule has 0 rings (SSSR count). The van der Waals surface area contributed by atoms with E-state index in [1.54, 1.807) is 21.1 Å². The molecule has 2 atom stereocenters. The number of esters is 2. The monoisotopic (exact) mass is 726 g/mol. The van der Waals surface area contributed by atoms with Crippen molar-refractivity contribution in [3.8, 4) is 0 Å². The van der Waals surface area contributed by atoms with Crippen molar-refractivity contribution < 1.29 is 38.2 Å². The molecule has 2 unspecified atom stereocenters. The van der Waals surface area contributed by atoms with Crippen LogP contribution in [0.15, 0.2) is 85.1 Å². The van der Waals surface area contributed by atoms with Crippen molar-refractivity contribution in [2.45, 2.75) is 135 Å². The van der Waals surface area contributed by atoms with Crippen molar-refractivity contribution in [1.29, 1.82) is 0 Å². The summed E-state index contributed by atoms with van der Waals surface area (Å²) in [5, 5.41) is 11.6. The Labute approximate surface area is 316 Å². The maximum Gasteiger partial charge on any atom is 0.306 e. The Morgan fingerprint density at radius 2 is 1.15 bits per heavy atom. The van der Waals surface area contributed by atoms with Crippen LogP contribution in [-0.2, 0) is 28.6 Å². The molecule has 0 aromatic rings. The predicted molar refractivity (Wildman–Crippen MR) is 212 cm³/mol. The third kappa shape index (κ3) is 32.4. The highest BCUT2D eigenvalue weighted by molar-refractivity contribution is 5.70. The number of carboxylic acid groups (broad SMARTS) is 1. The van der Waals surface area contributed by atoms with Gasteiger partial charge in [0.25, 0.3) is 0 Å². The van der Waals surface area contributed by atoms with Gasteiger partial charge in [0.15, 0.2) is 6.10 Å². The van der Waals surface area contributed by atoms with Gasteiger partial charge < -0.3 is 28.6 Å². The molecule has 0 spiro atoms. The van der Waals surface area contributed by atoms with Gasteiger partial charge in [-0.05, 0) is 70.6 Å². The van der Waals surface area contributed by atoms with E-state index in [1.807, 2.05) is 0 Å². The zero-order chi connectivity index (χ0) is 38.5. The maximum atomic E-state index is 12.6. The molecule has 0 bridgehead atoms. The van der Waals surface area contributed by atoms with Crippen LogP contribution in [-0.4, -0.2) is 75.5 Å². The van der Waals surface area contributed by atoms with E-state index in [2.05, 4.69) is 98.9 Å². The minimum atomic E-state index is -1.14. The Balaban J connectivity index is 4.57. The van der Waals surface area contributed by atoms with Crippen LogP contribution in [0.3, 0.4) is 0 Å². The summed E-state index contributed by atoms with van der Waals surface area (Å²) in [7, 11) is 5.36. The lowest BCUT2D eigenvalue weighted by molar-refractivity contribution is -0.889. The molecule has 0 saturated carbocycles. The number of rotatable bonds is 33. The van der Waals surface area contributed by atoms with Crippen LogP contribution < -0.4 is 5.11 Å². The summed E-state index contributed by atoms with van der Waals surface area (Å²) in [6.07, 6.45) is 43.3. The molecule has 0 N–H and O–H groups in total. The van der Waals surface area contributed by atoms with E-state index >= 15 is 0 Å².